The minimum atomic E-state index is -1.26. The van der Waals surface area contributed by atoms with Crippen molar-refractivity contribution in [2.75, 3.05) is 37.6 Å². The predicted octanol–water partition coefficient (Wildman–Crippen LogP) is 4.36. The number of halogens is 2. The number of likely N-dealkylation sites (N-methyl/N-ethyl adjacent to an activating group) is 1. The lowest BCUT2D eigenvalue weighted by Gasteiger charge is -2.28. The molecule has 1 heterocycles. The average Bonchev–Trinajstić information content (AvgIpc) is 2.96. The Morgan fingerprint density at radius 3 is 2.68 bits per heavy atom. The van der Waals surface area contributed by atoms with Crippen LogP contribution < -0.4 is 9.64 Å². The van der Waals surface area contributed by atoms with Gasteiger partial charge >= 0.3 is 0 Å². The molecule has 28 heavy (non-hydrogen) atoms. The van der Waals surface area contributed by atoms with E-state index in [2.05, 4.69) is 39.6 Å². The molecule has 0 spiro atoms. The van der Waals surface area contributed by atoms with Crippen molar-refractivity contribution in [1.82, 2.24) is 4.90 Å². The van der Waals surface area contributed by atoms with Gasteiger partial charge in [0.2, 0.25) is 0 Å². The number of nitriles is 1. The maximum atomic E-state index is 11.8. The Morgan fingerprint density at radius 2 is 2.04 bits per heavy atom. The number of β-amino-alcohol motifs (C(OH)–C–C–N with tert-alkyl or cyclic N) is 1. The predicted molar refractivity (Wildman–Crippen MR) is 115 cm³/mol. The van der Waals surface area contributed by atoms with E-state index in [0.717, 1.165) is 37.4 Å². The van der Waals surface area contributed by atoms with Crippen molar-refractivity contribution in [2.45, 2.75) is 19.4 Å². The van der Waals surface area contributed by atoms with E-state index in [0.29, 0.717) is 27.4 Å². The summed E-state index contributed by atoms with van der Waals surface area (Å²) in [5, 5.41) is 21.2. The monoisotopic (exact) mass is 463 g/mol. The highest BCUT2D eigenvalue weighted by molar-refractivity contribution is 9.10. The van der Waals surface area contributed by atoms with Crippen molar-refractivity contribution < 1.29 is 9.84 Å². The second kappa shape index (κ2) is 8.71. The van der Waals surface area contributed by atoms with Crippen molar-refractivity contribution in [2.24, 2.45) is 0 Å². The van der Waals surface area contributed by atoms with Gasteiger partial charge in [-0.15, -0.1) is 5.26 Å². The largest absolute Gasteiger partial charge is 0.388 e. The highest BCUT2D eigenvalue weighted by Crippen LogP contribution is 2.49. The standard InChI is InChI=1S/C21H23BrClN3O2/c1-3-25(4-2)9-10-26-13-21(27,16-7-5-6-8-18(16)23)20-17(22)11-15(28-14-24)12-19(20)26/h5-8,11-12,27H,3-4,9-10,13H2,1-2H3. The third kappa shape index (κ3) is 3.85. The van der Waals surface area contributed by atoms with E-state index in [9.17, 15) is 5.11 Å². The van der Waals surface area contributed by atoms with Crippen LogP contribution in [0.1, 0.15) is 25.0 Å². The molecule has 5 nitrogen and oxygen atoms in total. The number of rotatable bonds is 7. The molecule has 2 aromatic rings. The number of benzene rings is 2. The van der Waals surface area contributed by atoms with Gasteiger partial charge in [-0.2, -0.15) is 0 Å². The molecule has 1 aliphatic heterocycles. The van der Waals surface area contributed by atoms with E-state index >= 15 is 0 Å². The lowest BCUT2D eigenvalue weighted by Crippen LogP contribution is -2.39. The van der Waals surface area contributed by atoms with Crippen LogP contribution in [0.3, 0.4) is 0 Å². The van der Waals surface area contributed by atoms with Crippen LogP contribution in [0.15, 0.2) is 40.9 Å². The number of ether oxygens (including phenoxy) is 1. The van der Waals surface area contributed by atoms with Crippen LogP contribution in [0.2, 0.25) is 5.02 Å². The summed E-state index contributed by atoms with van der Waals surface area (Å²) in [6, 6.07) is 10.9. The summed E-state index contributed by atoms with van der Waals surface area (Å²) in [6.07, 6.45) is 1.72. The Bertz CT molecular complexity index is 898. The molecule has 0 saturated carbocycles. The minimum Gasteiger partial charge on any atom is -0.388 e. The number of anilines is 1. The number of aliphatic hydroxyl groups is 1. The van der Waals surface area contributed by atoms with E-state index in [4.69, 9.17) is 21.6 Å². The van der Waals surface area contributed by atoms with Crippen LogP contribution in [0.25, 0.3) is 0 Å². The third-order valence-electron chi connectivity index (χ3n) is 5.28. The molecule has 3 rings (SSSR count). The molecule has 148 valence electrons. The van der Waals surface area contributed by atoms with Gasteiger partial charge in [0.25, 0.3) is 6.26 Å². The van der Waals surface area contributed by atoms with Crippen LogP contribution in [0.5, 0.6) is 5.75 Å². The Hall–Kier alpha value is -1.78. The van der Waals surface area contributed by atoms with Gasteiger partial charge in [0.05, 0.1) is 6.54 Å². The smallest absolute Gasteiger partial charge is 0.292 e. The van der Waals surface area contributed by atoms with E-state index in [-0.39, 0.29) is 0 Å². The first kappa shape index (κ1) is 20.9. The van der Waals surface area contributed by atoms with Gasteiger partial charge in [-0.1, -0.05) is 59.6 Å². The molecule has 0 aromatic heterocycles. The topological polar surface area (TPSA) is 59.7 Å². The number of hydrogen-bond acceptors (Lipinski definition) is 5. The third-order valence-corrected chi connectivity index (χ3v) is 6.24. The molecule has 0 fully saturated rings. The number of hydrogen-bond donors (Lipinski definition) is 1. The summed E-state index contributed by atoms with van der Waals surface area (Å²) in [7, 11) is 0. The van der Waals surface area contributed by atoms with Crippen LogP contribution in [-0.2, 0) is 5.60 Å². The second-order valence-electron chi connectivity index (χ2n) is 6.78. The Labute approximate surface area is 179 Å². The summed E-state index contributed by atoms with van der Waals surface area (Å²) in [6.45, 7) is 8.19. The zero-order chi connectivity index (χ0) is 20.3. The normalized spacial score (nSPS) is 18.2. The fourth-order valence-corrected chi connectivity index (χ4v) is 4.85. The average molecular weight is 465 g/mol. The molecule has 1 N–H and O–H groups in total. The molecular formula is C21H23BrClN3O2. The van der Waals surface area contributed by atoms with E-state index in [1.807, 2.05) is 18.2 Å². The van der Waals surface area contributed by atoms with Crippen LogP contribution in [0, 0.1) is 11.5 Å². The van der Waals surface area contributed by atoms with Crippen molar-refractivity contribution in [3.05, 3.63) is 57.0 Å². The van der Waals surface area contributed by atoms with Gasteiger partial charge in [-0.05, 0) is 25.2 Å². The lowest BCUT2D eigenvalue weighted by molar-refractivity contribution is 0.0970. The van der Waals surface area contributed by atoms with Crippen molar-refractivity contribution >= 4 is 33.2 Å². The van der Waals surface area contributed by atoms with Crippen molar-refractivity contribution in [3.8, 4) is 12.0 Å². The van der Waals surface area contributed by atoms with Gasteiger partial charge in [0.1, 0.15) is 11.4 Å². The maximum Gasteiger partial charge on any atom is 0.292 e. The summed E-state index contributed by atoms with van der Waals surface area (Å²) in [5.41, 5.74) is 0.985. The Kier molecular flexibility index (Phi) is 6.51. The van der Waals surface area contributed by atoms with Crippen molar-refractivity contribution in [3.63, 3.8) is 0 Å². The molecule has 2 aromatic carbocycles. The number of fused-ring (bicyclic) bond motifs is 1. The van der Waals surface area contributed by atoms with Crippen LogP contribution in [-0.4, -0.2) is 42.7 Å². The Balaban J connectivity index is 2.07. The van der Waals surface area contributed by atoms with Gasteiger partial charge in [0.15, 0.2) is 0 Å². The van der Waals surface area contributed by atoms with Crippen LogP contribution in [0.4, 0.5) is 5.69 Å². The maximum absolute atomic E-state index is 11.8. The molecule has 0 amide bonds. The molecule has 1 atom stereocenters. The quantitative estimate of drug-likeness (QED) is 0.617. The number of nitrogens with zero attached hydrogens (tertiary/aromatic N) is 3. The van der Waals surface area contributed by atoms with Gasteiger partial charge in [0, 0.05) is 45.5 Å². The SMILES string of the molecule is CCN(CC)CCN1CC(O)(c2ccccc2Cl)c2c(Br)cc(OC#N)cc21. The van der Waals surface area contributed by atoms with Gasteiger partial charge in [-0.25, -0.2) is 0 Å². The first-order valence-corrected chi connectivity index (χ1v) is 10.5. The summed E-state index contributed by atoms with van der Waals surface area (Å²) in [4.78, 5) is 4.46. The molecule has 1 unspecified atom stereocenters. The van der Waals surface area contributed by atoms with Crippen LogP contribution >= 0.6 is 27.5 Å². The molecule has 0 saturated heterocycles. The van der Waals surface area contributed by atoms with E-state index < -0.39 is 5.60 Å². The molecular weight excluding hydrogens is 442 g/mol. The zero-order valence-corrected chi connectivity index (χ0v) is 18.3. The van der Waals surface area contributed by atoms with Gasteiger partial charge < -0.3 is 19.6 Å². The molecule has 0 radical (unpaired) electrons. The zero-order valence-electron chi connectivity index (χ0n) is 16.0. The van der Waals surface area contributed by atoms with Crippen molar-refractivity contribution in [1.29, 1.82) is 5.26 Å². The summed E-state index contributed by atoms with van der Waals surface area (Å²) in [5.74, 6) is 0.435. The highest BCUT2D eigenvalue weighted by Gasteiger charge is 2.45. The first-order valence-electron chi connectivity index (χ1n) is 9.29. The first-order chi connectivity index (χ1) is 13.4. The summed E-state index contributed by atoms with van der Waals surface area (Å²) < 4.78 is 5.74. The molecule has 1 aliphatic rings. The van der Waals surface area contributed by atoms with E-state index in [1.54, 1.807) is 24.5 Å². The molecule has 0 aliphatic carbocycles. The highest BCUT2D eigenvalue weighted by atomic mass is 79.9. The Morgan fingerprint density at radius 1 is 1.32 bits per heavy atom. The van der Waals surface area contributed by atoms with E-state index in [1.165, 1.54) is 0 Å². The second-order valence-corrected chi connectivity index (χ2v) is 8.04. The fraction of sp³-hybridized carbons (Fsp3) is 0.381. The van der Waals surface area contributed by atoms with Gasteiger partial charge in [-0.3, -0.25) is 0 Å². The minimum absolute atomic E-state index is 0.377. The lowest BCUT2D eigenvalue weighted by atomic mass is 9.88. The fourth-order valence-electron chi connectivity index (χ4n) is 3.80. The molecule has 7 heteroatoms. The summed E-state index contributed by atoms with van der Waals surface area (Å²) >= 11 is 10.0. The molecule has 0 bridgehead atoms.